The summed E-state index contributed by atoms with van der Waals surface area (Å²) < 4.78 is 0. The molecule has 0 rings (SSSR count). The molecule has 0 aliphatic heterocycles. The molecule has 0 spiro atoms. The van der Waals surface area contributed by atoms with Crippen molar-refractivity contribution in [3.63, 3.8) is 0 Å². The van der Waals surface area contributed by atoms with Crippen molar-refractivity contribution in [2.75, 3.05) is 6.54 Å². The lowest BCUT2D eigenvalue weighted by atomic mass is 9.94. The predicted octanol–water partition coefficient (Wildman–Crippen LogP) is 0.698. The summed E-state index contributed by atoms with van der Waals surface area (Å²) in [6, 6.07) is 0. The third-order valence-electron chi connectivity index (χ3n) is 2.84. The SMILES string of the molecule is CCC(O)/C(=C(\C)N(N)C/C(N)=N\OC(C)=O)C(C)C. The third-order valence-corrected chi connectivity index (χ3v) is 2.84. The molecule has 0 aromatic rings. The number of nitrogens with zero attached hydrogens (tertiary/aromatic N) is 2. The van der Waals surface area contributed by atoms with Gasteiger partial charge in [-0.2, -0.15) is 0 Å². The Morgan fingerprint density at radius 3 is 2.35 bits per heavy atom. The van der Waals surface area contributed by atoms with Gasteiger partial charge in [0.15, 0.2) is 5.84 Å². The Kier molecular flexibility index (Phi) is 7.86. The molecule has 0 aliphatic rings. The number of amidine groups is 1. The summed E-state index contributed by atoms with van der Waals surface area (Å²) in [4.78, 5) is 15.1. The summed E-state index contributed by atoms with van der Waals surface area (Å²) in [6.45, 7) is 9.02. The minimum absolute atomic E-state index is 0.0798. The minimum atomic E-state index is -0.548. The number of oxime groups is 1. The molecule has 7 nitrogen and oxygen atoms in total. The van der Waals surface area contributed by atoms with Crippen molar-refractivity contribution in [3.8, 4) is 0 Å². The fourth-order valence-corrected chi connectivity index (χ4v) is 1.87. The molecule has 7 heteroatoms. The van der Waals surface area contributed by atoms with Gasteiger partial charge in [0.25, 0.3) is 0 Å². The molecule has 5 N–H and O–H groups in total. The van der Waals surface area contributed by atoms with Gasteiger partial charge < -0.3 is 20.7 Å². The molecule has 0 aromatic carbocycles. The maximum absolute atomic E-state index is 10.6. The number of carbonyl (C=O) groups is 1. The number of hydrogen-bond donors (Lipinski definition) is 3. The highest BCUT2D eigenvalue weighted by atomic mass is 16.7. The van der Waals surface area contributed by atoms with Gasteiger partial charge in [-0.3, -0.25) is 0 Å². The van der Waals surface area contributed by atoms with Gasteiger partial charge >= 0.3 is 5.97 Å². The zero-order chi connectivity index (χ0) is 15.9. The van der Waals surface area contributed by atoms with Crippen LogP contribution in [0, 0.1) is 5.92 Å². The number of allylic oxidation sites excluding steroid dienone is 1. The Bertz CT molecular complexity index is 391. The molecule has 0 heterocycles. The smallest absolute Gasteiger partial charge is 0.332 e. The molecule has 0 fully saturated rings. The second kappa shape index (κ2) is 8.55. The van der Waals surface area contributed by atoms with E-state index >= 15 is 0 Å². The average Bonchev–Trinajstić information content (AvgIpc) is 2.35. The largest absolute Gasteiger partial charge is 0.389 e. The van der Waals surface area contributed by atoms with Gasteiger partial charge in [0.1, 0.15) is 0 Å². The second-order valence-corrected chi connectivity index (χ2v) is 4.91. The van der Waals surface area contributed by atoms with Gasteiger partial charge in [-0.15, -0.1) is 0 Å². The molecule has 1 unspecified atom stereocenters. The Morgan fingerprint density at radius 2 is 1.95 bits per heavy atom. The van der Waals surface area contributed by atoms with Crippen molar-refractivity contribution >= 4 is 11.8 Å². The first-order valence-electron chi connectivity index (χ1n) is 6.61. The van der Waals surface area contributed by atoms with E-state index in [0.29, 0.717) is 6.42 Å². The Hall–Kier alpha value is -1.60. The fourth-order valence-electron chi connectivity index (χ4n) is 1.87. The van der Waals surface area contributed by atoms with Crippen LogP contribution in [0.3, 0.4) is 0 Å². The fraction of sp³-hybridized carbons (Fsp3) is 0.692. The van der Waals surface area contributed by atoms with E-state index < -0.39 is 12.1 Å². The maximum Gasteiger partial charge on any atom is 0.332 e. The van der Waals surface area contributed by atoms with Gasteiger partial charge in [-0.1, -0.05) is 25.9 Å². The molecular formula is C13H26N4O3. The quantitative estimate of drug-likeness (QED) is 0.209. The van der Waals surface area contributed by atoms with Gasteiger partial charge in [-0.05, 0) is 24.8 Å². The van der Waals surface area contributed by atoms with Crippen molar-refractivity contribution in [1.82, 2.24) is 5.01 Å². The van der Waals surface area contributed by atoms with Crippen LogP contribution in [0.25, 0.3) is 0 Å². The first kappa shape index (κ1) is 18.4. The van der Waals surface area contributed by atoms with Crippen LogP contribution in [0.15, 0.2) is 16.4 Å². The van der Waals surface area contributed by atoms with Gasteiger partial charge in [0.05, 0.1) is 12.6 Å². The number of hydrogen-bond acceptors (Lipinski definition) is 6. The Morgan fingerprint density at radius 1 is 1.40 bits per heavy atom. The maximum atomic E-state index is 10.6. The van der Waals surface area contributed by atoms with E-state index in [1.54, 1.807) is 0 Å². The molecule has 0 saturated carbocycles. The summed E-state index contributed by atoms with van der Waals surface area (Å²) in [5.41, 5.74) is 7.20. The molecular weight excluding hydrogens is 260 g/mol. The van der Waals surface area contributed by atoms with Crippen molar-refractivity contribution in [2.24, 2.45) is 22.6 Å². The van der Waals surface area contributed by atoms with Crippen molar-refractivity contribution in [3.05, 3.63) is 11.3 Å². The predicted molar refractivity (Wildman–Crippen MR) is 78.1 cm³/mol. The topological polar surface area (TPSA) is 114 Å². The van der Waals surface area contributed by atoms with Crippen molar-refractivity contribution in [1.29, 1.82) is 0 Å². The van der Waals surface area contributed by atoms with Crippen LogP contribution in [0.4, 0.5) is 0 Å². The summed E-state index contributed by atoms with van der Waals surface area (Å²) in [5, 5.41) is 14.9. The monoisotopic (exact) mass is 286 g/mol. The lowest BCUT2D eigenvalue weighted by Gasteiger charge is -2.26. The Labute approximate surface area is 120 Å². The minimum Gasteiger partial charge on any atom is -0.389 e. The second-order valence-electron chi connectivity index (χ2n) is 4.91. The van der Waals surface area contributed by atoms with Gasteiger partial charge in [0, 0.05) is 12.6 Å². The van der Waals surface area contributed by atoms with Crippen LogP contribution in [-0.4, -0.2) is 34.6 Å². The molecule has 1 atom stereocenters. The lowest BCUT2D eigenvalue weighted by molar-refractivity contribution is -0.140. The molecule has 0 aromatic heterocycles. The molecule has 0 aliphatic carbocycles. The molecule has 0 amide bonds. The number of rotatable bonds is 7. The van der Waals surface area contributed by atoms with Crippen LogP contribution >= 0.6 is 0 Å². The molecule has 0 saturated heterocycles. The van der Waals surface area contributed by atoms with E-state index in [0.717, 1.165) is 11.3 Å². The zero-order valence-corrected chi connectivity index (χ0v) is 12.9. The van der Waals surface area contributed by atoms with E-state index in [4.69, 9.17) is 11.6 Å². The highest BCUT2D eigenvalue weighted by Gasteiger charge is 2.18. The average molecular weight is 286 g/mol. The molecule has 0 bridgehead atoms. The molecule has 20 heavy (non-hydrogen) atoms. The number of aliphatic hydroxyl groups is 1. The number of nitrogens with two attached hydrogens (primary N) is 2. The van der Waals surface area contributed by atoms with Crippen LogP contribution in [-0.2, 0) is 9.63 Å². The highest BCUT2D eigenvalue weighted by molar-refractivity contribution is 5.82. The van der Waals surface area contributed by atoms with Crippen LogP contribution in [0.2, 0.25) is 0 Å². The van der Waals surface area contributed by atoms with E-state index in [1.807, 2.05) is 27.7 Å². The van der Waals surface area contributed by atoms with Crippen molar-refractivity contribution < 1.29 is 14.7 Å². The van der Waals surface area contributed by atoms with Gasteiger partial charge in [-0.25, -0.2) is 10.6 Å². The van der Waals surface area contributed by atoms with E-state index in [-0.39, 0.29) is 18.3 Å². The first-order chi connectivity index (χ1) is 9.20. The molecule has 0 radical (unpaired) electrons. The van der Waals surface area contributed by atoms with E-state index in [9.17, 15) is 9.90 Å². The van der Waals surface area contributed by atoms with Crippen LogP contribution in [0.1, 0.15) is 41.0 Å². The lowest BCUT2D eigenvalue weighted by Crippen LogP contribution is -2.39. The van der Waals surface area contributed by atoms with E-state index in [2.05, 4.69) is 9.99 Å². The highest BCUT2D eigenvalue weighted by Crippen LogP contribution is 2.21. The third kappa shape index (κ3) is 6.03. The van der Waals surface area contributed by atoms with Gasteiger partial charge in [0.2, 0.25) is 0 Å². The number of hydrazine groups is 1. The number of carbonyl (C=O) groups excluding carboxylic acids is 1. The van der Waals surface area contributed by atoms with E-state index in [1.165, 1.54) is 11.9 Å². The van der Waals surface area contributed by atoms with Crippen molar-refractivity contribution in [2.45, 2.75) is 47.1 Å². The molecule has 116 valence electrons. The summed E-state index contributed by atoms with van der Waals surface area (Å²) in [5.74, 6) is 5.61. The standard InChI is InChI=1S/C13H26N4O3/c1-6-11(19)13(8(2)3)9(4)17(15)7-12(14)16-20-10(5)18/h8,11,19H,6-7,15H2,1-5H3,(H2,14,16)/b13-9+. The summed E-state index contributed by atoms with van der Waals surface area (Å²) in [7, 11) is 0. The summed E-state index contributed by atoms with van der Waals surface area (Å²) in [6.07, 6.45) is 0.0584. The van der Waals surface area contributed by atoms with Crippen LogP contribution < -0.4 is 11.6 Å². The van der Waals surface area contributed by atoms with Crippen LogP contribution in [0.5, 0.6) is 0 Å². The zero-order valence-electron chi connectivity index (χ0n) is 12.9. The Balaban J connectivity index is 5.00. The number of aliphatic hydroxyl groups excluding tert-OH is 1. The summed E-state index contributed by atoms with van der Waals surface area (Å²) >= 11 is 0. The first-order valence-corrected chi connectivity index (χ1v) is 6.61. The normalized spacial score (nSPS) is 14.9.